The fraction of sp³-hybridized carbons (Fsp3) is 0.571. The molecule has 1 aromatic rings. The molecule has 0 bridgehead atoms. The minimum atomic E-state index is -0.468. The number of fused-ring (bicyclic) bond motifs is 1. The molecule has 2 atom stereocenters. The number of ether oxygens (including phenoxy) is 2. The third-order valence-electron chi connectivity index (χ3n) is 3.59. The zero-order chi connectivity index (χ0) is 12.4. The summed E-state index contributed by atoms with van der Waals surface area (Å²) in [5, 5.41) is 13.7. The zero-order valence-corrected chi connectivity index (χ0v) is 10.4. The summed E-state index contributed by atoms with van der Waals surface area (Å²) in [4.78, 5) is 0. The molecule has 0 radical (unpaired) electrons. The molecule has 2 unspecified atom stereocenters. The Morgan fingerprint density at radius 3 is 2.78 bits per heavy atom. The number of nitrogens with one attached hydrogen (secondary N) is 1. The Hall–Kier alpha value is -1.26. The lowest BCUT2D eigenvalue weighted by Crippen LogP contribution is -2.28. The maximum atomic E-state index is 10.3. The van der Waals surface area contributed by atoms with Crippen molar-refractivity contribution in [3.05, 3.63) is 23.8 Å². The smallest absolute Gasteiger partial charge is 0.161 e. The Balaban J connectivity index is 1.82. The van der Waals surface area contributed by atoms with E-state index in [0.717, 1.165) is 42.9 Å². The molecule has 0 saturated carbocycles. The fourth-order valence-electron chi connectivity index (χ4n) is 2.58. The van der Waals surface area contributed by atoms with Crippen molar-refractivity contribution in [3.8, 4) is 11.5 Å². The lowest BCUT2D eigenvalue weighted by atomic mass is 10.0. The van der Waals surface area contributed by atoms with Crippen molar-refractivity contribution in [2.75, 3.05) is 19.8 Å². The molecule has 2 aliphatic heterocycles. The Bertz CT molecular complexity index is 416. The molecule has 0 amide bonds. The first kappa shape index (κ1) is 11.8. The molecule has 4 heteroatoms. The summed E-state index contributed by atoms with van der Waals surface area (Å²) in [6.07, 6.45) is 2.59. The molecule has 1 fully saturated rings. The van der Waals surface area contributed by atoms with Crippen LogP contribution in [0.5, 0.6) is 11.5 Å². The third kappa shape index (κ3) is 2.31. The largest absolute Gasteiger partial charge is 0.490 e. The Kier molecular flexibility index (Phi) is 3.39. The quantitative estimate of drug-likeness (QED) is 0.836. The molecule has 0 aromatic heterocycles. The molecule has 2 aliphatic rings. The summed E-state index contributed by atoms with van der Waals surface area (Å²) < 4.78 is 11.2. The SMILES string of the molecule is OC(c1ccc2c(c1)OCCCO2)C1CCCN1. The van der Waals surface area contributed by atoms with Crippen LogP contribution in [0.1, 0.15) is 30.9 Å². The van der Waals surface area contributed by atoms with E-state index in [0.29, 0.717) is 13.2 Å². The van der Waals surface area contributed by atoms with Gasteiger partial charge in [0.05, 0.1) is 19.3 Å². The molecule has 1 saturated heterocycles. The summed E-state index contributed by atoms with van der Waals surface area (Å²) in [6.45, 7) is 2.36. The van der Waals surface area contributed by atoms with E-state index in [2.05, 4.69) is 5.32 Å². The predicted molar refractivity (Wildman–Crippen MR) is 68.0 cm³/mol. The minimum absolute atomic E-state index is 0.162. The van der Waals surface area contributed by atoms with Crippen LogP contribution in [-0.2, 0) is 0 Å². The van der Waals surface area contributed by atoms with Gasteiger partial charge < -0.3 is 19.9 Å². The van der Waals surface area contributed by atoms with Crippen LogP contribution < -0.4 is 14.8 Å². The molecule has 3 rings (SSSR count). The van der Waals surface area contributed by atoms with Gasteiger partial charge in [-0.15, -0.1) is 0 Å². The molecule has 18 heavy (non-hydrogen) atoms. The van der Waals surface area contributed by atoms with E-state index in [1.807, 2.05) is 18.2 Å². The zero-order valence-electron chi connectivity index (χ0n) is 10.4. The number of hydrogen-bond donors (Lipinski definition) is 2. The van der Waals surface area contributed by atoms with Crippen LogP contribution in [0.3, 0.4) is 0 Å². The van der Waals surface area contributed by atoms with Crippen LogP contribution in [0.25, 0.3) is 0 Å². The summed E-state index contributed by atoms with van der Waals surface area (Å²) in [6, 6.07) is 5.90. The minimum Gasteiger partial charge on any atom is -0.490 e. The maximum absolute atomic E-state index is 10.3. The van der Waals surface area contributed by atoms with Crippen molar-refractivity contribution in [3.63, 3.8) is 0 Å². The molecular formula is C14H19NO3. The van der Waals surface area contributed by atoms with Gasteiger partial charge >= 0.3 is 0 Å². The fourth-order valence-corrected chi connectivity index (χ4v) is 2.58. The highest BCUT2D eigenvalue weighted by Gasteiger charge is 2.25. The lowest BCUT2D eigenvalue weighted by molar-refractivity contribution is 0.137. The van der Waals surface area contributed by atoms with Gasteiger partial charge in [-0.25, -0.2) is 0 Å². The molecule has 1 aromatic carbocycles. The Morgan fingerprint density at radius 2 is 2.00 bits per heavy atom. The Morgan fingerprint density at radius 1 is 1.17 bits per heavy atom. The van der Waals surface area contributed by atoms with E-state index in [9.17, 15) is 5.11 Å². The first-order valence-electron chi connectivity index (χ1n) is 6.65. The number of benzene rings is 1. The van der Waals surface area contributed by atoms with Crippen LogP contribution in [0.15, 0.2) is 18.2 Å². The maximum Gasteiger partial charge on any atom is 0.161 e. The lowest BCUT2D eigenvalue weighted by Gasteiger charge is -2.19. The number of aliphatic hydroxyl groups is 1. The molecule has 0 aliphatic carbocycles. The standard InChI is InChI=1S/C14H19NO3/c16-14(11-3-1-6-15-11)10-4-5-12-13(9-10)18-8-2-7-17-12/h4-5,9,11,14-16H,1-3,6-8H2. The highest BCUT2D eigenvalue weighted by Crippen LogP contribution is 2.33. The molecule has 4 nitrogen and oxygen atoms in total. The van der Waals surface area contributed by atoms with Crippen molar-refractivity contribution < 1.29 is 14.6 Å². The topological polar surface area (TPSA) is 50.7 Å². The van der Waals surface area contributed by atoms with Gasteiger partial charge in [0, 0.05) is 12.5 Å². The summed E-state index contributed by atoms with van der Waals surface area (Å²) in [7, 11) is 0. The average Bonchev–Trinajstić information content (AvgIpc) is 2.83. The van der Waals surface area contributed by atoms with Crippen LogP contribution in [0.4, 0.5) is 0 Å². The van der Waals surface area contributed by atoms with Gasteiger partial charge in [-0.2, -0.15) is 0 Å². The number of hydrogen-bond acceptors (Lipinski definition) is 4. The van der Waals surface area contributed by atoms with E-state index >= 15 is 0 Å². The van der Waals surface area contributed by atoms with Crippen molar-refractivity contribution in [2.45, 2.75) is 31.4 Å². The van der Waals surface area contributed by atoms with Gasteiger partial charge in [-0.1, -0.05) is 6.07 Å². The average molecular weight is 249 g/mol. The highest BCUT2D eigenvalue weighted by atomic mass is 16.5. The van der Waals surface area contributed by atoms with E-state index in [1.54, 1.807) is 0 Å². The van der Waals surface area contributed by atoms with Crippen LogP contribution >= 0.6 is 0 Å². The number of rotatable bonds is 2. The summed E-state index contributed by atoms with van der Waals surface area (Å²) in [5.41, 5.74) is 0.902. The van der Waals surface area contributed by atoms with E-state index < -0.39 is 6.10 Å². The third-order valence-corrected chi connectivity index (χ3v) is 3.59. The molecule has 98 valence electrons. The molecule has 2 heterocycles. The van der Waals surface area contributed by atoms with Gasteiger partial charge in [0.25, 0.3) is 0 Å². The van der Waals surface area contributed by atoms with Crippen molar-refractivity contribution in [1.29, 1.82) is 0 Å². The monoisotopic (exact) mass is 249 g/mol. The molecule has 2 N–H and O–H groups in total. The van der Waals surface area contributed by atoms with Crippen molar-refractivity contribution in [1.82, 2.24) is 5.32 Å². The van der Waals surface area contributed by atoms with Crippen LogP contribution in [0, 0.1) is 0 Å². The second kappa shape index (κ2) is 5.16. The van der Waals surface area contributed by atoms with E-state index in [-0.39, 0.29) is 6.04 Å². The van der Waals surface area contributed by atoms with Crippen molar-refractivity contribution in [2.24, 2.45) is 0 Å². The van der Waals surface area contributed by atoms with Gasteiger partial charge in [-0.05, 0) is 37.1 Å². The van der Waals surface area contributed by atoms with E-state index in [1.165, 1.54) is 0 Å². The Labute approximate surface area is 107 Å². The normalized spacial score (nSPS) is 24.6. The second-order valence-corrected chi connectivity index (χ2v) is 4.90. The van der Waals surface area contributed by atoms with Gasteiger partial charge in [0.1, 0.15) is 0 Å². The highest BCUT2D eigenvalue weighted by molar-refractivity contribution is 5.44. The molecule has 0 spiro atoms. The summed E-state index contributed by atoms with van der Waals surface area (Å²) in [5.74, 6) is 1.53. The predicted octanol–water partition coefficient (Wildman–Crippen LogP) is 1.63. The summed E-state index contributed by atoms with van der Waals surface area (Å²) >= 11 is 0. The van der Waals surface area contributed by atoms with E-state index in [4.69, 9.17) is 9.47 Å². The first-order valence-corrected chi connectivity index (χ1v) is 6.65. The van der Waals surface area contributed by atoms with Gasteiger partial charge in [0.15, 0.2) is 11.5 Å². The van der Waals surface area contributed by atoms with Gasteiger partial charge in [-0.3, -0.25) is 0 Å². The van der Waals surface area contributed by atoms with Crippen LogP contribution in [-0.4, -0.2) is 30.9 Å². The second-order valence-electron chi connectivity index (χ2n) is 4.90. The first-order chi connectivity index (χ1) is 8.84. The molecular weight excluding hydrogens is 230 g/mol. The number of aliphatic hydroxyl groups excluding tert-OH is 1. The van der Waals surface area contributed by atoms with Crippen LogP contribution in [0.2, 0.25) is 0 Å². The van der Waals surface area contributed by atoms with Gasteiger partial charge in [0.2, 0.25) is 0 Å². The van der Waals surface area contributed by atoms with Crippen molar-refractivity contribution >= 4 is 0 Å².